The SMILES string of the molecule is CC(C)NC(=O)C1(Cc2ccccc2-c2ccncc2)CCN(C(=O)[C@@H]2C[C@H]2C)CC1. The number of benzene rings is 1. The van der Waals surface area contributed by atoms with Crippen molar-refractivity contribution in [3.63, 3.8) is 0 Å². The fourth-order valence-electron chi connectivity index (χ4n) is 4.81. The number of carbonyl (C=O) groups excluding carboxylic acids is 2. The molecular weight excluding hydrogens is 386 g/mol. The summed E-state index contributed by atoms with van der Waals surface area (Å²) in [6.45, 7) is 7.46. The summed E-state index contributed by atoms with van der Waals surface area (Å²) < 4.78 is 0. The quantitative estimate of drug-likeness (QED) is 0.767. The number of nitrogens with zero attached hydrogens (tertiary/aromatic N) is 2. The third kappa shape index (κ3) is 4.65. The Balaban J connectivity index is 1.59. The summed E-state index contributed by atoms with van der Waals surface area (Å²) in [5.74, 6) is 1.10. The summed E-state index contributed by atoms with van der Waals surface area (Å²) in [5, 5.41) is 3.17. The highest BCUT2D eigenvalue weighted by Crippen LogP contribution is 2.42. The van der Waals surface area contributed by atoms with Crippen molar-refractivity contribution in [2.75, 3.05) is 13.1 Å². The molecular formula is C26H33N3O2. The van der Waals surface area contributed by atoms with Crippen molar-refractivity contribution >= 4 is 11.8 Å². The van der Waals surface area contributed by atoms with Crippen LogP contribution >= 0.6 is 0 Å². The second-order valence-corrected chi connectivity index (χ2v) is 9.62. The van der Waals surface area contributed by atoms with Gasteiger partial charge in [0.1, 0.15) is 0 Å². The molecule has 1 saturated carbocycles. The van der Waals surface area contributed by atoms with Crippen LogP contribution in [-0.2, 0) is 16.0 Å². The zero-order valence-corrected chi connectivity index (χ0v) is 18.8. The third-order valence-electron chi connectivity index (χ3n) is 6.90. The van der Waals surface area contributed by atoms with Gasteiger partial charge in [-0.1, -0.05) is 31.2 Å². The Bertz CT molecular complexity index is 933. The third-order valence-corrected chi connectivity index (χ3v) is 6.90. The molecule has 31 heavy (non-hydrogen) atoms. The summed E-state index contributed by atoms with van der Waals surface area (Å²) in [6.07, 6.45) is 6.68. The topological polar surface area (TPSA) is 62.3 Å². The fraction of sp³-hybridized carbons (Fsp3) is 0.500. The van der Waals surface area contributed by atoms with E-state index >= 15 is 0 Å². The monoisotopic (exact) mass is 419 g/mol. The average molecular weight is 420 g/mol. The van der Waals surface area contributed by atoms with E-state index in [-0.39, 0.29) is 23.8 Å². The highest BCUT2D eigenvalue weighted by Gasteiger charge is 2.46. The number of piperidine rings is 1. The van der Waals surface area contributed by atoms with E-state index in [1.54, 1.807) is 12.4 Å². The van der Waals surface area contributed by atoms with E-state index in [0.29, 0.717) is 38.3 Å². The lowest BCUT2D eigenvalue weighted by Gasteiger charge is -2.41. The number of hydrogen-bond acceptors (Lipinski definition) is 3. The molecule has 2 heterocycles. The molecule has 164 valence electrons. The highest BCUT2D eigenvalue weighted by molar-refractivity contribution is 5.85. The predicted octanol–water partition coefficient (Wildman–Crippen LogP) is 4.08. The second-order valence-electron chi connectivity index (χ2n) is 9.62. The van der Waals surface area contributed by atoms with Gasteiger partial charge < -0.3 is 10.2 Å². The lowest BCUT2D eigenvalue weighted by Crippen LogP contribution is -2.52. The van der Waals surface area contributed by atoms with Gasteiger partial charge >= 0.3 is 0 Å². The molecule has 2 atom stereocenters. The molecule has 1 aromatic carbocycles. The van der Waals surface area contributed by atoms with Crippen LogP contribution in [0.1, 0.15) is 45.6 Å². The summed E-state index contributed by atoms with van der Waals surface area (Å²) in [4.78, 5) is 32.3. The van der Waals surface area contributed by atoms with Crippen LogP contribution in [-0.4, -0.2) is 40.8 Å². The minimum absolute atomic E-state index is 0.0896. The Kier molecular flexibility index (Phi) is 6.12. The van der Waals surface area contributed by atoms with E-state index in [9.17, 15) is 9.59 Å². The van der Waals surface area contributed by atoms with Gasteiger partial charge in [0.2, 0.25) is 11.8 Å². The average Bonchev–Trinajstić information content (AvgIpc) is 3.51. The molecule has 2 aliphatic rings. The van der Waals surface area contributed by atoms with Crippen LogP contribution in [0.15, 0.2) is 48.8 Å². The lowest BCUT2D eigenvalue weighted by atomic mass is 9.71. The van der Waals surface area contributed by atoms with Crippen molar-refractivity contribution in [1.82, 2.24) is 15.2 Å². The number of likely N-dealkylation sites (tertiary alicyclic amines) is 1. The summed E-state index contributed by atoms with van der Waals surface area (Å²) >= 11 is 0. The maximum absolute atomic E-state index is 13.4. The van der Waals surface area contributed by atoms with Gasteiger partial charge in [0.15, 0.2) is 0 Å². The van der Waals surface area contributed by atoms with Crippen LogP contribution in [0, 0.1) is 17.3 Å². The van der Waals surface area contributed by atoms with Gasteiger partial charge in [-0.05, 0) is 74.3 Å². The van der Waals surface area contributed by atoms with E-state index in [1.807, 2.05) is 43.0 Å². The molecule has 1 aliphatic heterocycles. The number of aromatic nitrogens is 1. The van der Waals surface area contributed by atoms with Crippen LogP contribution < -0.4 is 5.32 Å². The first kappa shape index (κ1) is 21.5. The van der Waals surface area contributed by atoms with Gasteiger partial charge in [0, 0.05) is 37.4 Å². The number of amides is 2. The summed E-state index contributed by atoms with van der Waals surface area (Å²) in [6, 6.07) is 12.4. The summed E-state index contributed by atoms with van der Waals surface area (Å²) in [5.41, 5.74) is 2.93. The Morgan fingerprint density at radius 3 is 2.39 bits per heavy atom. The van der Waals surface area contributed by atoms with Crippen molar-refractivity contribution in [3.05, 3.63) is 54.4 Å². The van der Waals surface area contributed by atoms with Gasteiger partial charge in [-0.2, -0.15) is 0 Å². The standard InChI is InChI=1S/C26H33N3O2/c1-18(2)28-25(31)26(10-14-29(15-11-26)24(30)23-16-19(23)3)17-21-6-4-5-7-22(21)20-8-12-27-13-9-20/h4-9,12-13,18-19,23H,10-11,14-17H2,1-3H3,(H,28,31)/t19-,23-/m1/s1. The van der Waals surface area contributed by atoms with Gasteiger partial charge in [-0.25, -0.2) is 0 Å². The Hall–Kier alpha value is -2.69. The fourth-order valence-corrected chi connectivity index (χ4v) is 4.81. The molecule has 2 fully saturated rings. The van der Waals surface area contributed by atoms with Crippen molar-refractivity contribution in [2.45, 2.75) is 52.5 Å². The highest BCUT2D eigenvalue weighted by atomic mass is 16.2. The van der Waals surface area contributed by atoms with E-state index in [2.05, 4.69) is 29.4 Å². The van der Waals surface area contributed by atoms with Crippen molar-refractivity contribution in [1.29, 1.82) is 0 Å². The van der Waals surface area contributed by atoms with Crippen LogP contribution in [0.4, 0.5) is 0 Å². The van der Waals surface area contributed by atoms with Gasteiger partial charge in [0.25, 0.3) is 0 Å². The molecule has 1 saturated heterocycles. The van der Waals surface area contributed by atoms with E-state index < -0.39 is 5.41 Å². The molecule has 2 aromatic rings. The van der Waals surface area contributed by atoms with Crippen LogP contribution in [0.3, 0.4) is 0 Å². The number of rotatable bonds is 6. The zero-order valence-electron chi connectivity index (χ0n) is 18.8. The van der Waals surface area contributed by atoms with Gasteiger partial charge in [-0.3, -0.25) is 14.6 Å². The number of hydrogen-bond donors (Lipinski definition) is 1. The minimum Gasteiger partial charge on any atom is -0.353 e. The maximum Gasteiger partial charge on any atom is 0.226 e. The number of pyridine rings is 1. The molecule has 1 N–H and O–H groups in total. The van der Waals surface area contributed by atoms with E-state index in [1.165, 1.54) is 5.56 Å². The molecule has 0 spiro atoms. The lowest BCUT2D eigenvalue weighted by molar-refractivity contribution is -0.141. The molecule has 5 nitrogen and oxygen atoms in total. The van der Waals surface area contributed by atoms with E-state index in [4.69, 9.17) is 0 Å². The smallest absolute Gasteiger partial charge is 0.226 e. The molecule has 0 radical (unpaired) electrons. The molecule has 1 aromatic heterocycles. The first-order valence-corrected chi connectivity index (χ1v) is 11.5. The van der Waals surface area contributed by atoms with Crippen LogP contribution in [0.25, 0.3) is 11.1 Å². The van der Waals surface area contributed by atoms with Crippen molar-refractivity contribution in [3.8, 4) is 11.1 Å². The Morgan fingerprint density at radius 1 is 1.13 bits per heavy atom. The predicted molar refractivity (Wildman–Crippen MR) is 122 cm³/mol. The number of carbonyl (C=O) groups is 2. The van der Waals surface area contributed by atoms with Gasteiger partial charge in [-0.15, -0.1) is 0 Å². The number of nitrogens with one attached hydrogen (secondary N) is 1. The molecule has 2 amide bonds. The van der Waals surface area contributed by atoms with Crippen molar-refractivity contribution in [2.24, 2.45) is 17.3 Å². The van der Waals surface area contributed by atoms with Crippen LogP contribution in [0.5, 0.6) is 0 Å². The first-order valence-electron chi connectivity index (χ1n) is 11.5. The molecule has 5 heteroatoms. The van der Waals surface area contributed by atoms with Gasteiger partial charge in [0.05, 0.1) is 5.41 Å². The minimum atomic E-state index is -0.501. The molecule has 0 bridgehead atoms. The largest absolute Gasteiger partial charge is 0.353 e. The molecule has 4 rings (SSSR count). The Morgan fingerprint density at radius 2 is 1.77 bits per heavy atom. The normalized spacial score (nSPS) is 22.3. The summed E-state index contributed by atoms with van der Waals surface area (Å²) in [7, 11) is 0. The maximum atomic E-state index is 13.4. The molecule has 0 unspecified atom stereocenters. The van der Waals surface area contributed by atoms with E-state index in [0.717, 1.165) is 17.5 Å². The van der Waals surface area contributed by atoms with Crippen LogP contribution in [0.2, 0.25) is 0 Å². The second kappa shape index (κ2) is 8.81. The zero-order chi connectivity index (χ0) is 22.0. The van der Waals surface area contributed by atoms with Crippen molar-refractivity contribution < 1.29 is 9.59 Å². The molecule has 1 aliphatic carbocycles. The first-order chi connectivity index (χ1) is 14.9. The Labute approximate surface area is 185 Å².